The normalized spacial score (nSPS) is 22.8. The fourth-order valence-electron chi connectivity index (χ4n) is 3.30. The van der Waals surface area contributed by atoms with E-state index in [1.54, 1.807) is 0 Å². The molecule has 1 fully saturated rings. The molecule has 2 aliphatic heterocycles. The maximum absolute atomic E-state index is 12.9. The van der Waals surface area contributed by atoms with Gasteiger partial charge < -0.3 is 9.80 Å². The van der Waals surface area contributed by atoms with Gasteiger partial charge in [-0.3, -0.25) is 4.90 Å². The summed E-state index contributed by atoms with van der Waals surface area (Å²) >= 11 is 0. The number of halogens is 3. The van der Waals surface area contributed by atoms with Crippen molar-refractivity contribution in [3.05, 3.63) is 17.8 Å². The predicted octanol–water partition coefficient (Wildman–Crippen LogP) is 2.45. The molecule has 1 saturated heterocycles. The molecule has 4 nitrogen and oxygen atoms in total. The smallest absolute Gasteiger partial charge is 0.369 e. The SMILES string of the molecule is CC(C)N1CCN2c3ncc(C(F)(F)F)cc3N(C)C[C@H]2C1. The van der Waals surface area contributed by atoms with E-state index in [0.29, 0.717) is 17.5 Å². The molecule has 7 heteroatoms. The van der Waals surface area contributed by atoms with Gasteiger partial charge in [0, 0.05) is 45.5 Å². The van der Waals surface area contributed by atoms with E-state index in [-0.39, 0.29) is 6.04 Å². The van der Waals surface area contributed by atoms with Crippen LogP contribution in [0.25, 0.3) is 0 Å². The molecule has 3 heterocycles. The fourth-order valence-corrected chi connectivity index (χ4v) is 3.30. The van der Waals surface area contributed by atoms with E-state index in [2.05, 4.69) is 28.6 Å². The summed E-state index contributed by atoms with van der Waals surface area (Å²) in [4.78, 5) is 10.6. The van der Waals surface area contributed by atoms with E-state index in [1.807, 2.05) is 11.9 Å². The number of rotatable bonds is 1. The summed E-state index contributed by atoms with van der Waals surface area (Å²) in [6.45, 7) is 7.71. The quantitative estimate of drug-likeness (QED) is 0.794. The zero-order valence-electron chi connectivity index (χ0n) is 13.1. The molecule has 122 valence electrons. The van der Waals surface area contributed by atoms with Gasteiger partial charge in [0.05, 0.1) is 17.3 Å². The third-order valence-electron chi connectivity index (χ3n) is 4.59. The number of fused-ring (bicyclic) bond motifs is 3. The lowest BCUT2D eigenvalue weighted by atomic mass is 10.0. The first-order valence-electron chi connectivity index (χ1n) is 7.56. The van der Waals surface area contributed by atoms with Crippen molar-refractivity contribution >= 4 is 11.5 Å². The zero-order chi connectivity index (χ0) is 16.1. The lowest BCUT2D eigenvalue weighted by Gasteiger charge is -2.49. The van der Waals surface area contributed by atoms with Gasteiger partial charge in [-0.25, -0.2) is 4.98 Å². The van der Waals surface area contributed by atoms with Crippen LogP contribution >= 0.6 is 0 Å². The summed E-state index contributed by atoms with van der Waals surface area (Å²) in [5.41, 5.74) is -0.110. The number of alkyl halides is 3. The van der Waals surface area contributed by atoms with E-state index < -0.39 is 11.7 Å². The van der Waals surface area contributed by atoms with Crippen LogP contribution in [0.5, 0.6) is 0 Å². The van der Waals surface area contributed by atoms with Crippen molar-refractivity contribution in [3.63, 3.8) is 0 Å². The van der Waals surface area contributed by atoms with E-state index in [1.165, 1.54) is 6.07 Å². The lowest BCUT2D eigenvalue weighted by molar-refractivity contribution is -0.137. The van der Waals surface area contributed by atoms with Crippen LogP contribution in [0.3, 0.4) is 0 Å². The minimum atomic E-state index is -4.35. The second-order valence-electron chi connectivity index (χ2n) is 6.38. The van der Waals surface area contributed by atoms with E-state index >= 15 is 0 Å². The maximum Gasteiger partial charge on any atom is 0.417 e. The van der Waals surface area contributed by atoms with Crippen molar-refractivity contribution in [2.24, 2.45) is 0 Å². The first-order chi connectivity index (χ1) is 10.3. The van der Waals surface area contributed by atoms with Crippen LogP contribution in [0, 0.1) is 0 Å². The molecule has 0 aromatic carbocycles. The Kier molecular flexibility index (Phi) is 3.71. The number of likely N-dealkylation sites (N-methyl/N-ethyl adjacent to an activating group) is 1. The van der Waals surface area contributed by atoms with Gasteiger partial charge in [0.2, 0.25) is 0 Å². The van der Waals surface area contributed by atoms with Crippen molar-refractivity contribution in [1.82, 2.24) is 9.88 Å². The van der Waals surface area contributed by atoms with Gasteiger partial charge in [0.15, 0.2) is 5.82 Å². The Hall–Kier alpha value is -1.50. The first-order valence-corrected chi connectivity index (χ1v) is 7.56. The highest BCUT2D eigenvalue weighted by molar-refractivity contribution is 5.71. The summed E-state index contributed by atoms with van der Waals surface area (Å²) < 4.78 is 38.6. The molecule has 0 N–H and O–H groups in total. The Balaban J connectivity index is 1.91. The monoisotopic (exact) mass is 314 g/mol. The Morgan fingerprint density at radius 1 is 1.23 bits per heavy atom. The number of piperazine rings is 1. The molecule has 0 unspecified atom stereocenters. The molecule has 0 saturated carbocycles. The van der Waals surface area contributed by atoms with Gasteiger partial charge >= 0.3 is 6.18 Å². The Morgan fingerprint density at radius 3 is 2.59 bits per heavy atom. The van der Waals surface area contributed by atoms with Crippen LogP contribution in [0.15, 0.2) is 12.3 Å². The van der Waals surface area contributed by atoms with Crippen molar-refractivity contribution in [3.8, 4) is 0 Å². The minimum Gasteiger partial charge on any atom is -0.369 e. The largest absolute Gasteiger partial charge is 0.417 e. The Bertz CT molecular complexity index is 558. The molecule has 0 radical (unpaired) electrons. The number of anilines is 2. The second kappa shape index (κ2) is 5.30. The average molecular weight is 314 g/mol. The van der Waals surface area contributed by atoms with Crippen LogP contribution < -0.4 is 9.80 Å². The Labute approximate surface area is 128 Å². The number of hydrogen-bond donors (Lipinski definition) is 0. The van der Waals surface area contributed by atoms with E-state index in [0.717, 1.165) is 32.4 Å². The topological polar surface area (TPSA) is 22.6 Å². The number of aromatic nitrogens is 1. The molecular formula is C15H21F3N4. The number of hydrogen-bond acceptors (Lipinski definition) is 4. The molecular weight excluding hydrogens is 293 g/mol. The summed E-state index contributed by atoms with van der Waals surface area (Å²) in [7, 11) is 1.84. The molecule has 0 aliphatic carbocycles. The van der Waals surface area contributed by atoms with Gasteiger partial charge in [0.25, 0.3) is 0 Å². The molecule has 1 aromatic heterocycles. The summed E-state index contributed by atoms with van der Waals surface area (Å²) in [5, 5.41) is 0. The average Bonchev–Trinajstić information content (AvgIpc) is 2.45. The molecule has 3 rings (SSSR count). The number of pyridine rings is 1. The molecule has 22 heavy (non-hydrogen) atoms. The fraction of sp³-hybridized carbons (Fsp3) is 0.667. The number of nitrogens with zero attached hydrogens (tertiary/aromatic N) is 4. The summed E-state index contributed by atoms with van der Waals surface area (Å²) in [6, 6.07) is 1.97. The first kappa shape index (κ1) is 15.4. The van der Waals surface area contributed by atoms with Crippen LogP contribution in [-0.2, 0) is 6.18 Å². The van der Waals surface area contributed by atoms with Gasteiger partial charge in [0.1, 0.15) is 0 Å². The predicted molar refractivity (Wildman–Crippen MR) is 80.4 cm³/mol. The van der Waals surface area contributed by atoms with E-state index in [9.17, 15) is 13.2 Å². The lowest BCUT2D eigenvalue weighted by Crippen LogP contribution is -2.60. The van der Waals surface area contributed by atoms with Gasteiger partial charge in [-0.2, -0.15) is 13.2 Å². The van der Waals surface area contributed by atoms with E-state index in [4.69, 9.17) is 0 Å². The Morgan fingerprint density at radius 2 is 1.95 bits per heavy atom. The third kappa shape index (κ3) is 2.62. The van der Waals surface area contributed by atoms with Crippen molar-refractivity contribution in [1.29, 1.82) is 0 Å². The third-order valence-corrected chi connectivity index (χ3v) is 4.59. The summed E-state index contributed by atoms with van der Waals surface area (Å²) in [6.07, 6.45) is -3.40. The molecule has 0 spiro atoms. The molecule has 1 aromatic rings. The van der Waals surface area contributed by atoms with Crippen LogP contribution in [-0.4, -0.2) is 55.2 Å². The van der Waals surface area contributed by atoms with Crippen molar-refractivity contribution in [2.45, 2.75) is 32.1 Å². The van der Waals surface area contributed by atoms with Gasteiger partial charge in [-0.15, -0.1) is 0 Å². The maximum atomic E-state index is 12.9. The molecule has 2 aliphatic rings. The van der Waals surface area contributed by atoms with Gasteiger partial charge in [-0.1, -0.05) is 0 Å². The summed E-state index contributed by atoms with van der Waals surface area (Å²) in [5.74, 6) is 0.676. The highest BCUT2D eigenvalue weighted by Gasteiger charge is 2.38. The van der Waals surface area contributed by atoms with Crippen LogP contribution in [0.2, 0.25) is 0 Å². The molecule has 0 bridgehead atoms. The van der Waals surface area contributed by atoms with Crippen molar-refractivity contribution < 1.29 is 13.2 Å². The second-order valence-corrected chi connectivity index (χ2v) is 6.38. The zero-order valence-corrected chi connectivity index (χ0v) is 13.1. The van der Waals surface area contributed by atoms with Crippen LogP contribution in [0.1, 0.15) is 19.4 Å². The molecule has 0 amide bonds. The standard InChI is InChI=1S/C15H21F3N4/c1-10(2)21-4-5-22-12(9-21)8-20(3)13-6-11(15(16,17)18)7-19-14(13)22/h6-7,10,12H,4-5,8-9H2,1-3H3/t12-/m0/s1. The van der Waals surface area contributed by atoms with Crippen molar-refractivity contribution in [2.75, 3.05) is 43.0 Å². The van der Waals surface area contributed by atoms with Gasteiger partial charge in [-0.05, 0) is 19.9 Å². The highest BCUT2D eigenvalue weighted by atomic mass is 19.4. The molecule has 1 atom stereocenters. The van der Waals surface area contributed by atoms with Crippen LogP contribution in [0.4, 0.5) is 24.7 Å². The highest BCUT2D eigenvalue weighted by Crippen LogP contribution is 2.38. The minimum absolute atomic E-state index is 0.276.